The molecule has 1 heterocycles. The minimum Gasteiger partial charge on any atom is -0.507 e. The normalized spacial score (nSPS) is 14.4. The van der Waals surface area contributed by atoms with Crippen LogP contribution in [-0.2, 0) is 9.47 Å². The van der Waals surface area contributed by atoms with Gasteiger partial charge in [-0.15, -0.1) is 0 Å². The van der Waals surface area contributed by atoms with E-state index in [0.717, 1.165) is 19.3 Å². The largest absolute Gasteiger partial charge is 0.507 e. The molecule has 0 aliphatic rings. The summed E-state index contributed by atoms with van der Waals surface area (Å²) in [4.78, 5) is 11.9. The van der Waals surface area contributed by atoms with E-state index >= 15 is 0 Å². The van der Waals surface area contributed by atoms with Gasteiger partial charge in [-0.1, -0.05) is 19.8 Å². The topological polar surface area (TPSA) is 107 Å². The highest BCUT2D eigenvalue weighted by atomic mass is 16.6. The van der Waals surface area contributed by atoms with Crippen LogP contribution in [-0.4, -0.2) is 56.9 Å². The number of unbranched alkanes of at least 4 members (excludes halogenated alkanes) is 1. The van der Waals surface area contributed by atoms with E-state index < -0.39 is 12.4 Å². The smallest absolute Gasteiger partial charge is 0.191 e. The summed E-state index contributed by atoms with van der Waals surface area (Å²) in [6.07, 6.45) is 3.94. The van der Waals surface area contributed by atoms with Crippen LogP contribution >= 0.6 is 0 Å². The minimum atomic E-state index is -1.12. The van der Waals surface area contributed by atoms with Gasteiger partial charge in [0.2, 0.25) is 0 Å². The molecule has 160 valence electrons. The van der Waals surface area contributed by atoms with E-state index in [-0.39, 0.29) is 11.9 Å². The van der Waals surface area contributed by atoms with Crippen molar-refractivity contribution in [2.24, 2.45) is 0 Å². The number of aliphatic hydroxyl groups is 1. The molecule has 0 fully saturated rings. The number of aliphatic hydroxyl groups excluding tert-OH is 1. The highest BCUT2D eigenvalue weighted by Gasteiger charge is 2.21. The number of aromatic hydroxyl groups is 1. The van der Waals surface area contributed by atoms with Crippen molar-refractivity contribution in [3.63, 3.8) is 0 Å². The van der Waals surface area contributed by atoms with Gasteiger partial charge in [-0.05, 0) is 39.3 Å². The Balaban J connectivity index is 1.98. The standard InChI is InChI=1S/C21H31N3O5/c1-5-7-8-16(27-6-2)11-28-21(26)15(4)29-18-10-9-17(19(25)14(18)3)20-23-12-22-13-24-20/h9-10,12-13,15-16,21,25-26H,5-8,11H2,1-4H3. The molecule has 2 rings (SSSR count). The molecule has 8 heteroatoms. The summed E-state index contributed by atoms with van der Waals surface area (Å²) in [5.74, 6) is 0.840. The fourth-order valence-corrected chi connectivity index (χ4v) is 2.85. The number of nitrogens with zero attached hydrogens (tertiary/aromatic N) is 3. The lowest BCUT2D eigenvalue weighted by molar-refractivity contribution is -0.169. The van der Waals surface area contributed by atoms with Crippen molar-refractivity contribution in [2.75, 3.05) is 13.2 Å². The number of phenolic OH excluding ortho intramolecular Hbond substituents is 1. The van der Waals surface area contributed by atoms with Gasteiger partial charge in [-0.2, -0.15) is 0 Å². The summed E-state index contributed by atoms with van der Waals surface area (Å²) in [6.45, 7) is 8.40. The highest BCUT2D eigenvalue weighted by molar-refractivity contribution is 5.68. The first kappa shape index (κ1) is 23.0. The van der Waals surface area contributed by atoms with Crippen molar-refractivity contribution in [3.05, 3.63) is 30.4 Å². The van der Waals surface area contributed by atoms with Gasteiger partial charge >= 0.3 is 0 Å². The molecule has 2 N–H and O–H groups in total. The van der Waals surface area contributed by atoms with Gasteiger partial charge in [0.05, 0.1) is 18.3 Å². The predicted molar refractivity (Wildman–Crippen MR) is 109 cm³/mol. The first-order valence-corrected chi connectivity index (χ1v) is 10.0. The van der Waals surface area contributed by atoms with Crippen LogP contribution in [0.25, 0.3) is 11.4 Å². The number of benzene rings is 1. The monoisotopic (exact) mass is 405 g/mol. The van der Waals surface area contributed by atoms with Crippen molar-refractivity contribution in [1.82, 2.24) is 15.0 Å². The molecule has 0 aliphatic heterocycles. The van der Waals surface area contributed by atoms with Gasteiger partial charge in [-0.3, -0.25) is 0 Å². The number of rotatable bonds is 12. The minimum absolute atomic E-state index is 0.0206. The number of phenols is 1. The first-order chi connectivity index (χ1) is 14.0. The molecule has 29 heavy (non-hydrogen) atoms. The Morgan fingerprint density at radius 1 is 1.10 bits per heavy atom. The van der Waals surface area contributed by atoms with Crippen molar-refractivity contribution in [1.29, 1.82) is 0 Å². The van der Waals surface area contributed by atoms with E-state index in [4.69, 9.17) is 14.2 Å². The third-order valence-corrected chi connectivity index (χ3v) is 4.56. The van der Waals surface area contributed by atoms with Crippen LogP contribution in [0.1, 0.15) is 45.6 Å². The Morgan fingerprint density at radius 2 is 1.83 bits per heavy atom. The fourth-order valence-electron chi connectivity index (χ4n) is 2.85. The third kappa shape index (κ3) is 6.62. The van der Waals surface area contributed by atoms with Gasteiger partial charge in [0.15, 0.2) is 12.1 Å². The third-order valence-electron chi connectivity index (χ3n) is 4.56. The van der Waals surface area contributed by atoms with Gasteiger partial charge in [0.1, 0.15) is 30.3 Å². The molecule has 0 aliphatic carbocycles. The van der Waals surface area contributed by atoms with Crippen LogP contribution in [0.4, 0.5) is 0 Å². The number of aromatic nitrogens is 3. The second kappa shape index (κ2) is 11.6. The van der Waals surface area contributed by atoms with Crippen LogP contribution in [0.3, 0.4) is 0 Å². The highest BCUT2D eigenvalue weighted by Crippen LogP contribution is 2.35. The molecular formula is C21H31N3O5. The number of ether oxygens (including phenoxy) is 3. The molecule has 1 aromatic heterocycles. The Morgan fingerprint density at radius 3 is 2.48 bits per heavy atom. The molecule has 1 aromatic carbocycles. The zero-order chi connectivity index (χ0) is 21.2. The molecule has 0 saturated carbocycles. The quantitative estimate of drug-likeness (QED) is 0.518. The lowest BCUT2D eigenvalue weighted by Gasteiger charge is -2.24. The van der Waals surface area contributed by atoms with Gasteiger partial charge in [0.25, 0.3) is 0 Å². The molecule has 2 aromatic rings. The lowest BCUT2D eigenvalue weighted by atomic mass is 10.1. The summed E-state index contributed by atoms with van der Waals surface area (Å²) < 4.78 is 17.0. The van der Waals surface area contributed by atoms with Crippen LogP contribution in [0.2, 0.25) is 0 Å². The molecule has 3 atom stereocenters. The van der Waals surface area contributed by atoms with E-state index in [1.54, 1.807) is 26.0 Å². The van der Waals surface area contributed by atoms with Crippen molar-refractivity contribution < 1.29 is 24.4 Å². The second-order valence-corrected chi connectivity index (χ2v) is 6.81. The van der Waals surface area contributed by atoms with Crippen LogP contribution in [0, 0.1) is 6.92 Å². The molecule has 0 spiro atoms. The molecule has 8 nitrogen and oxygen atoms in total. The van der Waals surface area contributed by atoms with Gasteiger partial charge in [-0.25, -0.2) is 15.0 Å². The number of hydrogen-bond acceptors (Lipinski definition) is 8. The van der Waals surface area contributed by atoms with Crippen LogP contribution in [0.15, 0.2) is 24.8 Å². The van der Waals surface area contributed by atoms with E-state index in [9.17, 15) is 10.2 Å². The van der Waals surface area contributed by atoms with E-state index in [1.807, 2.05) is 6.92 Å². The zero-order valence-corrected chi connectivity index (χ0v) is 17.5. The molecular weight excluding hydrogens is 374 g/mol. The Hall–Kier alpha value is -2.29. The number of hydrogen-bond donors (Lipinski definition) is 2. The van der Waals surface area contributed by atoms with Crippen molar-refractivity contribution in [2.45, 2.75) is 65.5 Å². The lowest BCUT2D eigenvalue weighted by Crippen LogP contribution is -2.34. The van der Waals surface area contributed by atoms with E-state index in [0.29, 0.717) is 35.9 Å². The second-order valence-electron chi connectivity index (χ2n) is 6.81. The fraction of sp³-hybridized carbons (Fsp3) is 0.571. The van der Waals surface area contributed by atoms with Crippen LogP contribution < -0.4 is 4.74 Å². The predicted octanol–water partition coefficient (Wildman–Crippen LogP) is 3.25. The van der Waals surface area contributed by atoms with E-state index in [1.165, 1.54) is 12.7 Å². The maximum absolute atomic E-state index is 10.5. The van der Waals surface area contributed by atoms with E-state index in [2.05, 4.69) is 21.9 Å². The molecule has 0 radical (unpaired) electrons. The van der Waals surface area contributed by atoms with Gasteiger partial charge in [0, 0.05) is 12.2 Å². The molecule has 0 saturated heterocycles. The molecule has 3 unspecified atom stereocenters. The summed E-state index contributed by atoms with van der Waals surface area (Å²) in [7, 11) is 0. The zero-order valence-electron chi connectivity index (χ0n) is 17.5. The Kier molecular flexibility index (Phi) is 9.24. The molecule has 0 bridgehead atoms. The van der Waals surface area contributed by atoms with Crippen molar-refractivity contribution in [3.8, 4) is 22.9 Å². The Labute approximate surface area is 171 Å². The van der Waals surface area contributed by atoms with Crippen LogP contribution in [0.5, 0.6) is 11.5 Å². The average molecular weight is 405 g/mol. The SMILES string of the molecule is CCCCC(COC(O)C(C)Oc1ccc(-c2ncncn2)c(O)c1C)OCC. The molecule has 0 amide bonds. The Bertz CT molecular complexity index is 745. The average Bonchev–Trinajstić information content (AvgIpc) is 2.73. The van der Waals surface area contributed by atoms with Crippen molar-refractivity contribution >= 4 is 0 Å². The maximum atomic E-state index is 10.5. The summed E-state index contributed by atoms with van der Waals surface area (Å²) in [5.41, 5.74) is 1.01. The summed E-state index contributed by atoms with van der Waals surface area (Å²) >= 11 is 0. The van der Waals surface area contributed by atoms with Gasteiger partial charge < -0.3 is 24.4 Å². The summed E-state index contributed by atoms with van der Waals surface area (Å²) in [6, 6.07) is 3.38. The summed E-state index contributed by atoms with van der Waals surface area (Å²) in [5, 5.41) is 20.8. The maximum Gasteiger partial charge on any atom is 0.191 e. The first-order valence-electron chi connectivity index (χ1n) is 10.0.